The standard InChI is InChI=1S/C41H54O2S3/c1-5-8-11-14-15-16-17-18-21-33-23-25-40(45-33)41-27-26-39(46-41)35-31-36(42-28-19-12-9-6-2)34(38-24-22-32(4)44-38)30-37(35)43-29-20-13-10-7-3/h22-27,30-31H,5-17,19-20,28-29H2,1-4H3. The highest BCUT2D eigenvalue weighted by Gasteiger charge is 2.19. The second kappa shape index (κ2) is 20.7. The summed E-state index contributed by atoms with van der Waals surface area (Å²) in [5.41, 5.74) is 2.27. The Labute approximate surface area is 291 Å². The minimum Gasteiger partial charge on any atom is -0.493 e. The van der Waals surface area contributed by atoms with Gasteiger partial charge in [-0.2, -0.15) is 0 Å². The number of aryl methyl sites for hydroxylation is 1. The topological polar surface area (TPSA) is 18.5 Å². The van der Waals surface area contributed by atoms with Gasteiger partial charge in [-0.05, 0) is 74.7 Å². The number of benzene rings is 1. The molecule has 0 atom stereocenters. The van der Waals surface area contributed by atoms with E-state index in [0.29, 0.717) is 0 Å². The molecule has 5 heteroatoms. The molecule has 4 rings (SSSR count). The van der Waals surface area contributed by atoms with Crippen LogP contribution in [0.3, 0.4) is 0 Å². The molecule has 3 aromatic heterocycles. The summed E-state index contributed by atoms with van der Waals surface area (Å²) < 4.78 is 13.1. The minimum absolute atomic E-state index is 0.733. The van der Waals surface area contributed by atoms with Gasteiger partial charge in [0.15, 0.2) is 0 Å². The van der Waals surface area contributed by atoms with Crippen molar-refractivity contribution in [2.75, 3.05) is 13.2 Å². The van der Waals surface area contributed by atoms with Crippen molar-refractivity contribution in [3.05, 3.63) is 58.3 Å². The molecular weight excluding hydrogens is 621 g/mol. The van der Waals surface area contributed by atoms with Gasteiger partial charge < -0.3 is 9.47 Å². The number of hydrogen-bond donors (Lipinski definition) is 0. The number of rotatable bonds is 21. The smallest absolute Gasteiger partial charge is 0.128 e. The van der Waals surface area contributed by atoms with Crippen LogP contribution in [0.1, 0.15) is 127 Å². The summed E-state index contributed by atoms with van der Waals surface area (Å²) in [4.78, 5) is 7.46. The van der Waals surface area contributed by atoms with Crippen LogP contribution in [-0.4, -0.2) is 13.2 Å². The van der Waals surface area contributed by atoms with Crippen LogP contribution >= 0.6 is 34.0 Å². The Morgan fingerprint density at radius 3 is 1.63 bits per heavy atom. The van der Waals surface area contributed by atoms with E-state index < -0.39 is 0 Å². The molecule has 0 aliphatic carbocycles. The Kier molecular flexibility index (Phi) is 16.3. The highest BCUT2D eigenvalue weighted by molar-refractivity contribution is 7.24. The third-order valence-corrected chi connectivity index (χ3v) is 11.5. The van der Waals surface area contributed by atoms with Crippen molar-refractivity contribution in [2.45, 2.75) is 124 Å². The van der Waals surface area contributed by atoms with Crippen LogP contribution in [0.2, 0.25) is 0 Å². The third kappa shape index (κ3) is 11.6. The van der Waals surface area contributed by atoms with Crippen molar-refractivity contribution < 1.29 is 9.47 Å². The van der Waals surface area contributed by atoms with Gasteiger partial charge in [0.1, 0.15) is 11.5 Å². The van der Waals surface area contributed by atoms with Gasteiger partial charge in [-0.15, -0.1) is 34.0 Å². The molecule has 0 amide bonds. The molecule has 0 unspecified atom stereocenters. The van der Waals surface area contributed by atoms with Crippen molar-refractivity contribution in [1.82, 2.24) is 0 Å². The Morgan fingerprint density at radius 1 is 0.522 bits per heavy atom. The fraction of sp³-hybridized carbons (Fsp3) is 0.512. The summed E-state index contributed by atoms with van der Waals surface area (Å²) in [6.07, 6.45) is 18.4. The fourth-order valence-corrected chi connectivity index (χ4v) is 8.37. The van der Waals surface area contributed by atoms with Crippen LogP contribution in [0.25, 0.3) is 30.6 Å². The first-order valence-electron chi connectivity index (χ1n) is 17.8. The van der Waals surface area contributed by atoms with E-state index in [1.807, 2.05) is 22.7 Å². The summed E-state index contributed by atoms with van der Waals surface area (Å²) in [5, 5.41) is 0. The van der Waals surface area contributed by atoms with Crippen molar-refractivity contribution in [3.63, 3.8) is 0 Å². The van der Waals surface area contributed by atoms with E-state index in [-0.39, 0.29) is 0 Å². The van der Waals surface area contributed by atoms with E-state index >= 15 is 0 Å². The first kappa shape index (κ1) is 36.3. The maximum Gasteiger partial charge on any atom is 0.128 e. The average Bonchev–Trinajstić information content (AvgIpc) is 3.84. The normalized spacial score (nSPS) is 11.0. The second-order valence-corrected chi connectivity index (χ2v) is 15.7. The molecule has 2 nitrogen and oxygen atoms in total. The Bertz CT molecular complexity index is 1500. The molecule has 0 bridgehead atoms. The molecule has 0 fully saturated rings. The van der Waals surface area contributed by atoms with E-state index in [2.05, 4.69) is 88.1 Å². The minimum atomic E-state index is 0.733. The van der Waals surface area contributed by atoms with Crippen molar-refractivity contribution in [2.24, 2.45) is 0 Å². The van der Waals surface area contributed by atoms with Crippen LogP contribution in [0.5, 0.6) is 11.5 Å². The third-order valence-electron chi connectivity index (χ3n) is 8.19. The Balaban J connectivity index is 1.55. The Morgan fingerprint density at radius 2 is 1.02 bits per heavy atom. The van der Waals surface area contributed by atoms with Crippen molar-refractivity contribution >= 4 is 34.0 Å². The molecule has 4 aromatic rings. The average molecular weight is 675 g/mol. The van der Waals surface area contributed by atoms with Gasteiger partial charge in [0.25, 0.3) is 0 Å². The molecule has 0 saturated heterocycles. The molecule has 248 valence electrons. The molecule has 0 N–H and O–H groups in total. The molecule has 0 aliphatic heterocycles. The van der Waals surface area contributed by atoms with E-state index in [1.54, 1.807) is 11.3 Å². The zero-order valence-corrected chi connectivity index (χ0v) is 31.1. The summed E-state index contributed by atoms with van der Waals surface area (Å²) in [5.74, 6) is 8.75. The first-order valence-corrected chi connectivity index (χ1v) is 20.3. The summed E-state index contributed by atoms with van der Waals surface area (Å²) >= 11 is 5.45. The summed E-state index contributed by atoms with van der Waals surface area (Å²) in [6, 6.07) is 17.8. The molecule has 0 spiro atoms. The largest absolute Gasteiger partial charge is 0.493 e. The van der Waals surface area contributed by atoms with Crippen molar-refractivity contribution in [1.29, 1.82) is 0 Å². The highest BCUT2D eigenvalue weighted by atomic mass is 32.1. The number of ether oxygens (including phenoxy) is 2. The van der Waals surface area contributed by atoms with E-state index in [1.165, 1.54) is 101 Å². The zero-order valence-electron chi connectivity index (χ0n) is 28.7. The SMILES string of the molecule is CCCCCCCCC#Cc1ccc(-c2ccc(-c3cc(OCCCCCC)c(-c4ccc(C)s4)cc3OCCCCCC)s2)s1. The Hall–Kier alpha value is -2.52. The molecule has 0 radical (unpaired) electrons. The fourth-order valence-electron chi connectivity index (χ4n) is 5.48. The monoisotopic (exact) mass is 674 g/mol. The first-order chi connectivity index (χ1) is 22.6. The summed E-state index contributed by atoms with van der Waals surface area (Å²) in [6.45, 7) is 10.4. The van der Waals surface area contributed by atoms with Crippen LogP contribution in [-0.2, 0) is 0 Å². The van der Waals surface area contributed by atoms with E-state index in [0.717, 1.165) is 60.0 Å². The predicted octanol–water partition coefficient (Wildman–Crippen LogP) is 14.2. The number of thiophene rings is 3. The quantitative estimate of drug-likeness (QED) is 0.0647. The lowest BCUT2D eigenvalue weighted by Gasteiger charge is -2.17. The molecule has 1 aromatic carbocycles. The van der Waals surface area contributed by atoms with Crippen LogP contribution < -0.4 is 9.47 Å². The van der Waals surface area contributed by atoms with Crippen LogP contribution in [0.4, 0.5) is 0 Å². The van der Waals surface area contributed by atoms with Crippen LogP contribution in [0.15, 0.2) is 48.5 Å². The van der Waals surface area contributed by atoms with Crippen LogP contribution in [0, 0.1) is 18.8 Å². The zero-order chi connectivity index (χ0) is 32.4. The van der Waals surface area contributed by atoms with Gasteiger partial charge in [0.05, 0.1) is 18.1 Å². The lowest BCUT2D eigenvalue weighted by molar-refractivity contribution is 0.299. The van der Waals surface area contributed by atoms with Crippen molar-refractivity contribution in [3.8, 4) is 54.0 Å². The van der Waals surface area contributed by atoms with Gasteiger partial charge in [0.2, 0.25) is 0 Å². The molecule has 46 heavy (non-hydrogen) atoms. The maximum atomic E-state index is 6.57. The second-order valence-electron chi connectivity index (χ2n) is 12.2. The lowest BCUT2D eigenvalue weighted by atomic mass is 10.1. The maximum absolute atomic E-state index is 6.57. The van der Waals surface area contributed by atoms with Gasteiger partial charge >= 0.3 is 0 Å². The number of hydrogen-bond acceptors (Lipinski definition) is 5. The van der Waals surface area contributed by atoms with Gasteiger partial charge in [-0.1, -0.05) is 103 Å². The molecular formula is C41H54O2S3. The number of unbranched alkanes of at least 4 members (excludes halogenated alkanes) is 12. The van der Waals surface area contributed by atoms with E-state index in [9.17, 15) is 0 Å². The summed E-state index contributed by atoms with van der Waals surface area (Å²) in [7, 11) is 0. The van der Waals surface area contributed by atoms with Gasteiger partial charge in [-0.3, -0.25) is 0 Å². The predicted molar refractivity (Wildman–Crippen MR) is 205 cm³/mol. The van der Waals surface area contributed by atoms with E-state index in [4.69, 9.17) is 9.47 Å². The highest BCUT2D eigenvalue weighted by Crippen LogP contribution is 2.46. The van der Waals surface area contributed by atoms with Gasteiger partial charge in [-0.25, -0.2) is 0 Å². The van der Waals surface area contributed by atoms with Gasteiger partial charge in [0, 0.05) is 41.9 Å². The molecule has 3 heterocycles. The molecule has 0 saturated carbocycles. The molecule has 0 aliphatic rings. The lowest BCUT2D eigenvalue weighted by Crippen LogP contribution is -2.02.